The number of hydrogen-bond donors (Lipinski definition) is 6. The molecule has 0 amide bonds. The van der Waals surface area contributed by atoms with Crippen LogP contribution in [0.3, 0.4) is 0 Å². The van der Waals surface area contributed by atoms with E-state index >= 15 is 0 Å². The molecule has 8 atom stereocenters. The van der Waals surface area contributed by atoms with E-state index in [9.17, 15) is 40.2 Å². The summed E-state index contributed by atoms with van der Waals surface area (Å²) in [5.41, 5.74) is 0.697. The molecule has 200 valence electrons. The van der Waals surface area contributed by atoms with Crippen molar-refractivity contribution in [3.63, 3.8) is 0 Å². The zero-order valence-corrected chi connectivity index (χ0v) is 19.7. The summed E-state index contributed by atoms with van der Waals surface area (Å²) in [4.78, 5) is 24.4. The number of esters is 1. The van der Waals surface area contributed by atoms with Gasteiger partial charge in [0.25, 0.3) is 0 Å². The number of phenolic OH excluding ortho intramolecular Hbond substituents is 1. The van der Waals surface area contributed by atoms with Crippen molar-refractivity contribution in [3.05, 3.63) is 41.7 Å². The Hall–Kier alpha value is -2.74. The van der Waals surface area contributed by atoms with Crippen LogP contribution < -0.4 is 0 Å². The van der Waals surface area contributed by atoms with Gasteiger partial charge in [0, 0.05) is 18.3 Å². The summed E-state index contributed by atoms with van der Waals surface area (Å²) in [6.07, 6.45) is -7.32. The highest BCUT2D eigenvalue weighted by molar-refractivity contribution is 5.88. The number of aromatic hydroxyl groups is 1. The SMILES string of the molecule is CCC1[C@H](OC2O[C@H](CO)[C@@H](O)[C@H](O)[C@H]2O)OC=C(C(=O)O)[C@H]1CC(=O)OCCc1ccc(O)cc1. The molecule has 0 aromatic heterocycles. The van der Waals surface area contributed by atoms with Crippen molar-refractivity contribution >= 4 is 11.9 Å². The fourth-order valence-corrected chi connectivity index (χ4v) is 4.33. The number of ether oxygens (including phenoxy) is 4. The number of benzene rings is 1. The molecule has 12 nitrogen and oxygen atoms in total. The molecule has 0 radical (unpaired) electrons. The largest absolute Gasteiger partial charge is 0.508 e. The summed E-state index contributed by atoms with van der Waals surface area (Å²) in [5, 5.41) is 58.6. The van der Waals surface area contributed by atoms with Crippen molar-refractivity contribution in [2.75, 3.05) is 13.2 Å². The molecule has 3 rings (SSSR count). The smallest absolute Gasteiger partial charge is 0.334 e. The molecule has 1 aromatic carbocycles. The first-order valence-electron chi connectivity index (χ1n) is 11.6. The van der Waals surface area contributed by atoms with Crippen molar-refractivity contribution in [1.82, 2.24) is 0 Å². The van der Waals surface area contributed by atoms with Gasteiger partial charge < -0.3 is 49.6 Å². The van der Waals surface area contributed by atoms with E-state index < -0.39 is 67.4 Å². The molecule has 0 saturated carbocycles. The van der Waals surface area contributed by atoms with Crippen molar-refractivity contribution < 1.29 is 59.2 Å². The van der Waals surface area contributed by atoms with Gasteiger partial charge in [-0.15, -0.1) is 0 Å². The number of phenols is 1. The lowest BCUT2D eigenvalue weighted by molar-refractivity contribution is -0.341. The van der Waals surface area contributed by atoms with Gasteiger partial charge in [0.2, 0.25) is 6.29 Å². The van der Waals surface area contributed by atoms with E-state index in [1.807, 2.05) is 0 Å². The fourth-order valence-electron chi connectivity index (χ4n) is 4.33. The third-order valence-electron chi connectivity index (χ3n) is 6.41. The highest BCUT2D eigenvalue weighted by atomic mass is 16.8. The van der Waals surface area contributed by atoms with E-state index in [1.165, 1.54) is 12.1 Å². The Kier molecular flexibility index (Phi) is 9.65. The Morgan fingerprint density at radius 1 is 1.03 bits per heavy atom. The monoisotopic (exact) mass is 512 g/mol. The number of carbonyl (C=O) groups is 2. The number of aliphatic hydroxyl groups excluding tert-OH is 4. The van der Waals surface area contributed by atoms with Crippen LogP contribution in [0.1, 0.15) is 25.3 Å². The summed E-state index contributed by atoms with van der Waals surface area (Å²) in [5.74, 6) is -3.30. The molecule has 0 spiro atoms. The van der Waals surface area contributed by atoms with Gasteiger partial charge in [-0.25, -0.2) is 4.79 Å². The lowest BCUT2D eigenvalue weighted by atomic mass is 9.80. The summed E-state index contributed by atoms with van der Waals surface area (Å²) in [6, 6.07) is 6.43. The van der Waals surface area contributed by atoms with Crippen LogP contribution >= 0.6 is 0 Å². The first-order chi connectivity index (χ1) is 17.2. The first-order valence-corrected chi connectivity index (χ1v) is 11.6. The number of rotatable bonds is 10. The average molecular weight is 513 g/mol. The predicted octanol–water partition coefficient (Wildman–Crippen LogP) is -0.348. The quantitative estimate of drug-likeness (QED) is 0.224. The minimum Gasteiger partial charge on any atom is -0.508 e. The van der Waals surface area contributed by atoms with Crippen LogP contribution in [0.2, 0.25) is 0 Å². The number of aliphatic hydroxyl groups is 4. The highest BCUT2D eigenvalue weighted by Gasteiger charge is 2.48. The molecular formula is C24H32O12. The summed E-state index contributed by atoms with van der Waals surface area (Å²) >= 11 is 0. The molecule has 6 N–H and O–H groups in total. The topological polar surface area (TPSA) is 192 Å². The summed E-state index contributed by atoms with van der Waals surface area (Å²) < 4.78 is 21.8. The zero-order chi connectivity index (χ0) is 26.4. The highest BCUT2D eigenvalue weighted by Crippen LogP contribution is 2.38. The standard InChI is InChI=1S/C24H32O12/c1-2-14-15(9-18(27)33-8-7-12-3-5-13(26)6-4-12)16(22(31)32)11-34-23(14)36-24-21(30)20(29)19(28)17(10-25)35-24/h3-6,11,14-15,17,19-21,23-26,28-30H,2,7-10H2,1H3,(H,31,32)/t14?,15-,17+,19+,20-,21+,23-,24?/m0/s1. The van der Waals surface area contributed by atoms with Gasteiger partial charge in [-0.3, -0.25) is 4.79 Å². The van der Waals surface area contributed by atoms with Crippen LogP contribution in [0.15, 0.2) is 36.1 Å². The summed E-state index contributed by atoms with van der Waals surface area (Å²) in [6.45, 7) is 1.15. The number of aliphatic carboxylic acids is 1. The Morgan fingerprint density at radius 2 is 1.72 bits per heavy atom. The second-order valence-electron chi connectivity index (χ2n) is 8.74. The summed E-state index contributed by atoms with van der Waals surface area (Å²) in [7, 11) is 0. The van der Waals surface area contributed by atoms with E-state index in [0.29, 0.717) is 12.8 Å². The molecule has 36 heavy (non-hydrogen) atoms. The third kappa shape index (κ3) is 6.52. The zero-order valence-electron chi connectivity index (χ0n) is 19.7. The predicted molar refractivity (Wildman–Crippen MR) is 120 cm³/mol. The van der Waals surface area contributed by atoms with Gasteiger partial charge in [-0.2, -0.15) is 0 Å². The number of carbonyl (C=O) groups excluding carboxylic acids is 1. The third-order valence-corrected chi connectivity index (χ3v) is 6.41. The van der Waals surface area contributed by atoms with E-state index in [0.717, 1.165) is 11.8 Å². The van der Waals surface area contributed by atoms with Crippen LogP contribution in [0.4, 0.5) is 0 Å². The lowest BCUT2D eigenvalue weighted by Crippen LogP contribution is -2.60. The van der Waals surface area contributed by atoms with Gasteiger partial charge in [0.1, 0.15) is 30.2 Å². The van der Waals surface area contributed by atoms with Gasteiger partial charge >= 0.3 is 11.9 Å². The van der Waals surface area contributed by atoms with E-state index in [1.54, 1.807) is 19.1 Å². The molecule has 0 bridgehead atoms. The molecule has 2 unspecified atom stereocenters. The van der Waals surface area contributed by atoms with Crippen LogP contribution in [-0.2, 0) is 35.0 Å². The Bertz CT molecular complexity index is 914. The first kappa shape index (κ1) is 27.8. The van der Waals surface area contributed by atoms with Crippen LogP contribution in [0, 0.1) is 11.8 Å². The van der Waals surface area contributed by atoms with E-state index in [4.69, 9.17) is 18.9 Å². The van der Waals surface area contributed by atoms with Crippen LogP contribution in [-0.4, -0.2) is 92.8 Å². The van der Waals surface area contributed by atoms with Crippen molar-refractivity contribution in [1.29, 1.82) is 0 Å². The van der Waals surface area contributed by atoms with Crippen LogP contribution in [0.25, 0.3) is 0 Å². The molecule has 2 heterocycles. The minimum atomic E-state index is -1.67. The number of hydrogen-bond acceptors (Lipinski definition) is 11. The molecular weight excluding hydrogens is 480 g/mol. The van der Waals surface area contributed by atoms with Gasteiger partial charge in [-0.05, 0) is 24.1 Å². The lowest BCUT2D eigenvalue weighted by Gasteiger charge is -2.43. The van der Waals surface area contributed by atoms with Crippen LogP contribution in [0.5, 0.6) is 5.75 Å². The Balaban J connectivity index is 1.67. The minimum absolute atomic E-state index is 0.0561. The number of carboxylic acids is 1. The van der Waals surface area contributed by atoms with Crippen molar-refractivity contribution in [2.24, 2.45) is 11.8 Å². The van der Waals surface area contributed by atoms with Gasteiger partial charge in [0.05, 0.1) is 31.5 Å². The average Bonchev–Trinajstić information content (AvgIpc) is 2.85. The maximum absolute atomic E-state index is 12.6. The maximum atomic E-state index is 12.6. The maximum Gasteiger partial charge on any atom is 0.334 e. The molecule has 1 aromatic rings. The Labute approximate surface area is 207 Å². The van der Waals surface area contributed by atoms with Gasteiger partial charge in [0.15, 0.2) is 6.29 Å². The molecule has 1 saturated heterocycles. The Morgan fingerprint density at radius 3 is 2.33 bits per heavy atom. The number of carboxylic acid groups (broad SMARTS) is 1. The normalized spacial score (nSPS) is 32.3. The molecule has 1 fully saturated rings. The van der Waals surface area contributed by atoms with Gasteiger partial charge in [-0.1, -0.05) is 19.1 Å². The van der Waals surface area contributed by atoms with Crippen molar-refractivity contribution in [3.8, 4) is 5.75 Å². The fraction of sp³-hybridized carbons (Fsp3) is 0.583. The molecule has 12 heteroatoms. The molecule has 2 aliphatic heterocycles. The van der Waals surface area contributed by atoms with Crippen molar-refractivity contribution in [2.45, 2.75) is 63.2 Å². The molecule has 0 aliphatic carbocycles. The van der Waals surface area contributed by atoms with E-state index in [-0.39, 0.29) is 24.4 Å². The van der Waals surface area contributed by atoms with E-state index in [2.05, 4.69) is 0 Å². The second kappa shape index (κ2) is 12.5. The second-order valence-corrected chi connectivity index (χ2v) is 8.74. The molecule has 2 aliphatic rings.